The number of benzene rings is 4. The van der Waals surface area contributed by atoms with Crippen molar-refractivity contribution in [2.24, 2.45) is 0 Å². The monoisotopic (exact) mass is 442 g/mol. The largest absolute Gasteiger partial charge is 0.244 e. The molecule has 34 heavy (non-hydrogen) atoms. The van der Waals surface area contributed by atoms with Crippen molar-refractivity contribution >= 4 is 44.1 Å². The van der Waals surface area contributed by atoms with E-state index in [0.717, 1.165) is 55.3 Å². The molecule has 0 atom stereocenters. The second kappa shape index (κ2) is 7.84. The molecular weight excluding hydrogens is 416 g/mol. The average molecular weight is 443 g/mol. The molecule has 0 spiro atoms. The minimum absolute atomic E-state index is 0.392. The minimum Gasteiger partial charge on any atom is -0.244 e. The molecule has 0 fully saturated rings. The number of aromatic nitrogens is 4. The molecule has 0 radical (unpaired) electrons. The summed E-state index contributed by atoms with van der Waals surface area (Å²) >= 11 is 0. The molecule has 6 rings (SSSR count). The molecule has 0 amide bonds. The van der Waals surface area contributed by atoms with E-state index < -0.39 is 0 Å². The van der Waals surface area contributed by atoms with E-state index in [9.17, 15) is 0 Å². The fraction of sp³-hybridized carbons (Fsp3) is 0.200. The fourth-order valence-electron chi connectivity index (χ4n) is 4.73. The van der Waals surface area contributed by atoms with Crippen LogP contribution in [0.2, 0.25) is 0 Å². The molecular formula is C30H26N4. The van der Waals surface area contributed by atoms with Gasteiger partial charge in [0.25, 0.3) is 0 Å². The first-order chi connectivity index (χ1) is 16.5. The zero-order chi connectivity index (χ0) is 23.4. The van der Waals surface area contributed by atoms with Gasteiger partial charge in [-0.2, -0.15) is 0 Å². The summed E-state index contributed by atoms with van der Waals surface area (Å²) in [5.74, 6) is 0.784. The maximum atomic E-state index is 5.03. The fourth-order valence-corrected chi connectivity index (χ4v) is 4.73. The third-order valence-corrected chi connectivity index (χ3v) is 6.57. The van der Waals surface area contributed by atoms with Crippen LogP contribution in [0, 0.1) is 0 Å². The molecule has 166 valence electrons. The van der Waals surface area contributed by atoms with Crippen molar-refractivity contribution in [3.05, 3.63) is 83.9 Å². The second-order valence-electron chi connectivity index (χ2n) is 9.59. The van der Waals surface area contributed by atoms with Gasteiger partial charge < -0.3 is 0 Å². The summed E-state index contributed by atoms with van der Waals surface area (Å²) in [5.41, 5.74) is 12.1. The van der Waals surface area contributed by atoms with Crippen LogP contribution in [0.25, 0.3) is 55.3 Å². The van der Waals surface area contributed by atoms with Gasteiger partial charge in [0.1, 0.15) is 0 Å². The van der Waals surface area contributed by atoms with Gasteiger partial charge in [0, 0.05) is 0 Å². The summed E-state index contributed by atoms with van der Waals surface area (Å²) in [4.78, 5) is 19.8. The Morgan fingerprint density at radius 3 is 1.29 bits per heavy atom. The van der Waals surface area contributed by atoms with Crippen molar-refractivity contribution in [1.82, 2.24) is 19.9 Å². The van der Waals surface area contributed by atoms with E-state index in [1.807, 2.05) is 12.1 Å². The lowest BCUT2D eigenvalue weighted by Gasteiger charge is -2.11. The van der Waals surface area contributed by atoms with Crippen molar-refractivity contribution in [2.45, 2.75) is 39.5 Å². The molecule has 0 saturated heterocycles. The van der Waals surface area contributed by atoms with Gasteiger partial charge in [0.2, 0.25) is 0 Å². The van der Waals surface area contributed by atoms with E-state index in [1.54, 1.807) is 0 Å². The Morgan fingerprint density at radius 2 is 0.882 bits per heavy atom. The second-order valence-corrected chi connectivity index (χ2v) is 9.59. The Labute approximate surface area is 198 Å². The van der Waals surface area contributed by atoms with Crippen molar-refractivity contribution < 1.29 is 0 Å². The topological polar surface area (TPSA) is 51.6 Å². The average Bonchev–Trinajstić information content (AvgIpc) is 2.84. The first kappa shape index (κ1) is 20.7. The third-order valence-electron chi connectivity index (χ3n) is 6.57. The van der Waals surface area contributed by atoms with Crippen LogP contribution in [-0.2, 0) is 0 Å². The summed E-state index contributed by atoms with van der Waals surface area (Å²) < 4.78 is 0. The summed E-state index contributed by atoms with van der Waals surface area (Å²) in [6.45, 7) is 8.78. The molecule has 0 aliphatic carbocycles. The van der Waals surface area contributed by atoms with Crippen LogP contribution in [0.1, 0.15) is 50.7 Å². The summed E-state index contributed by atoms with van der Waals surface area (Å²) in [6, 6.07) is 25.1. The van der Waals surface area contributed by atoms with Crippen LogP contribution in [-0.4, -0.2) is 19.9 Å². The lowest BCUT2D eigenvalue weighted by Crippen LogP contribution is -1.96. The van der Waals surface area contributed by atoms with Gasteiger partial charge in [-0.15, -0.1) is 0 Å². The highest BCUT2D eigenvalue weighted by Crippen LogP contribution is 2.30. The van der Waals surface area contributed by atoms with Gasteiger partial charge in [0.15, 0.2) is 0 Å². The summed E-state index contributed by atoms with van der Waals surface area (Å²) in [5, 5.41) is 0. The molecule has 2 aromatic heterocycles. The zero-order valence-corrected chi connectivity index (χ0v) is 19.9. The molecule has 0 unspecified atom stereocenters. The normalized spacial score (nSPS) is 12.1. The van der Waals surface area contributed by atoms with E-state index in [2.05, 4.69) is 88.4 Å². The Kier molecular flexibility index (Phi) is 4.77. The predicted octanol–water partition coefficient (Wildman–Crippen LogP) is 7.79. The third kappa shape index (κ3) is 3.38. The van der Waals surface area contributed by atoms with Gasteiger partial charge in [-0.05, 0) is 70.5 Å². The zero-order valence-electron chi connectivity index (χ0n) is 19.9. The van der Waals surface area contributed by atoms with E-state index >= 15 is 0 Å². The molecule has 6 aromatic rings. The first-order valence-electron chi connectivity index (χ1n) is 11.9. The van der Waals surface area contributed by atoms with E-state index in [4.69, 9.17) is 19.9 Å². The smallest absolute Gasteiger partial charge is 0.0929 e. The number of hydrogen-bond acceptors (Lipinski definition) is 4. The maximum absolute atomic E-state index is 5.03. The highest BCUT2D eigenvalue weighted by atomic mass is 14.8. The Morgan fingerprint density at radius 1 is 0.441 bits per heavy atom. The van der Waals surface area contributed by atoms with Crippen LogP contribution >= 0.6 is 0 Å². The van der Waals surface area contributed by atoms with Crippen LogP contribution in [0.5, 0.6) is 0 Å². The Bertz CT molecular complexity index is 1590. The van der Waals surface area contributed by atoms with Gasteiger partial charge in [0.05, 0.1) is 44.1 Å². The van der Waals surface area contributed by atoms with Gasteiger partial charge >= 0.3 is 0 Å². The number of hydrogen-bond donors (Lipinski definition) is 0. The van der Waals surface area contributed by atoms with Crippen molar-refractivity contribution in [3.63, 3.8) is 0 Å². The minimum atomic E-state index is 0.392. The van der Waals surface area contributed by atoms with Gasteiger partial charge in [-0.25, -0.2) is 19.9 Å². The number of fused-ring (bicyclic) bond motifs is 4. The van der Waals surface area contributed by atoms with Crippen LogP contribution in [0.4, 0.5) is 0 Å². The van der Waals surface area contributed by atoms with E-state index in [1.165, 1.54) is 11.1 Å². The van der Waals surface area contributed by atoms with E-state index in [0.29, 0.717) is 11.8 Å². The van der Waals surface area contributed by atoms with Crippen LogP contribution in [0.3, 0.4) is 0 Å². The number of para-hydroxylation sites is 2. The molecule has 4 nitrogen and oxygen atoms in total. The SMILES string of the molecule is CC(C)c1cccc2nc3ccc(-c4ccc5nc6cccc(C(C)C)c6nc5c4)cc3nc12. The molecule has 0 aliphatic heterocycles. The van der Waals surface area contributed by atoms with Crippen molar-refractivity contribution in [2.75, 3.05) is 0 Å². The van der Waals surface area contributed by atoms with Gasteiger partial charge in [-0.1, -0.05) is 64.1 Å². The van der Waals surface area contributed by atoms with Crippen molar-refractivity contribution in [1.29, 1.82) is 0 Å². The molecule has 0 aliphatic rings. The molecule has 4 heteroatoms. The standard InChI is InChI=1S/C30H26N4/c1-17(2)21-7-5-9-25-29(21)33-27-15-19(11-13-23(27)31-25)20-12-14-24-28(16-20)34-30-22(18(3)4)8-6-10-26(30)32-24/h5-18H,1-4H3. The Balaban J connectivity index is 1.52. The number of nitrogens with zero attached hydrogens (tertiary/aromatic N) is 4. The maximum Gasteiger partial charge on any atom is 0.0929 e. The van der Waals surface area contributed by atoms with E-state index in [-0.39, 0.29) is 0 Å². The summed E-state index contributed by atoms with van der Waals surface area (Å²) in [7, 11) is 0. The predicted molar refractivity (Wildman–Crippen MR) is 141 cm³/mol. The lowest BCUT2D eigenvalue weighted by atomic mass is 10.00. The summed E-state index contributed by atoms with van der Waals surface area (Å²) in [6.07, 6.45) is 0. The first-order valence-corrected chi connectivity index (χ1v) is 11.9. The van der Waals surface area contributed by atoms with Crippen LogP contribution in [0.15, 0.2) is 72.8 Å². The molecule has 0 saturated carbocycles. The molecule has 2 heterocycles. The highest BCUT2D eigenvalue weighted by Gasteiger charge is 2.12. The Hall–Kier alpha value is -3.92. The van der Waals surface area contributed by atoms with Crippen molar-refractivity contribution in [3.8, 4) is 11.1 Å². The quantitative estimate of drug-likeness (QED) is 0.262. The van der Waals surface area contributed by atoms with Crippen LogP contribution < -0.4 is 0 Å². The molecule has 0 bridgehead atoms. The molecule has 0 N–H and O–H groups in total. The van der Waals surface area contributed by atoms with Gasteiger partial charge in [-0.3, -0.25) is 0 Å². The molecule has 4 aromatic carbocycles. The highest BCUT2D eigenvalue weighted by molar-refractivity contribution is 5.93. The number of rotatable bonds is 3. The lowest BCUT2D eigenvalue weighted by molar-refractivity contribution is 0.873.